The molecule has 1 aromatic heterocycles. The monoisotopic (exact) mass is 724 g/mol. The second-order valence-electron chi connectivity index (χ2n) is 12.9. The predicted molar refractivity (Wildman–Crippen MR) is 200 cm³/mol. The summed E-state index contributed by atoms with van der Waals surface area (Å²) in [5.74, 6) is -3.12. The Bertz CT molecular complexity index is 2280. The van der Waals surface area contributed by atoms with E-state index in [2.05, 4.69) is 32.3 Å². The average Bonchev–Trinajstić information content (AvgIpc) is 3.44. The largest absolute Gasteiger partial charge is 0.483 e. The average molecular weight is 725 g/mol. The van der Waals surface area contributed by atoms with Gasteiger partial charge in [0.05, 0.1) is 16.6 Å². The summed E-state index contributed by atoms with van der Waals surface area (Å²) >= 11 is 0. The number of hydrogen-bond donors (Lipinski definition) is 4. The number of ether oxygens (including phenoxy) is 1. The Morgan fingerprint density at radius 2 is 1.57 bits per heavy atom. The van der Waals surface area contributed by atoms with E-state index in [-0.39, 0.29) is 35.6 Å². The Labute approximate surface area is 310 Å². The minimum absolute atomic E-state index is 0.00903. The number of benzene rings is 4. The van der Waals surface area contributed by atoms with Crippen LogP contribution in [0, 0.1) is 0 Å². The van der Waals surface area contributed by atoms with E-state index >= 15 is 0 Å². The molecule has 0 aliphatic carbocycles. The summed E-state index contributed by atoms with van der Waals surface area (Å²) in [4.78, 5) is 80.8. The number of hydrogen-bond acceptors (Lipinski definition) is 9. The number of aromatic nitrogens is 1. The first kappa shape index (κ1) is 35.5. The number of nitrogens with zero attached hydrogens (tertiary/aromatic N) is 2. The van der Waals surface area contributed by atoms with E-state index in [1.807, 2.05) is 60.7 Å². The number of nitrogens with one attached hydrogen (secondary N) is 4. The lowest BCUT2D eigenvalue weighted by atomic mass is 10.0. The van der Waals surface area contributed by atoms with Crippen molar-refractivity contribution in [3.63, 3.8) is 0 Å². The van der Waals surface area contributed by atoms with Gasteiger partial charge in [0.25, 0.3) is 23.6 Å². The summed E-state index contributed by atoms with van der Waals surface area (Å²) in [6.45, 7) is 0.354. The van der Waals surface area contributed by atoms with Gasteiger partial charge in [0.15, 0.2) is 6.61 Å². The zero-order valence-corrected chi connectivity index (χ0v) is 29.1. The molecule has 1 fully saturated rings. The van der Waals surface area contributed by atoms with Gasteiger partial charge in [-0.3, -0.25) is 44.0 Å². The molecule has 4 aromatic carbocycles. The summed E-state index contributed by atoms with van der Waals surface area (Å²) in [7, 11) is 0. The number of para-hydroxylation sites is 1. The summed E-state index contributed by atoms with van der Waals surface area (Å²) in [5.41, 5.74) is 5.34. The summed E-state index contributed by atoms with van der Waals surface area (Å²) in [6, 6.07) is 28.7. The van der Waals surface area contributed by atoms with Crippen molar-refractivity contribution in [3.05, 3.63) is 120 Å². The van der Waals surface area contributed by atoms with Crippen molar-refractivity contribution in [1.82, 2.24) is 25.8 Å². The van der Waals surface area contributed by atoms with Crippen molar-refractivity contribution in [2.24, 2.45) is 0 Å². The molecule has 5 aromatic rings. The third-order valence-corrected chi connectivity index (χ3v) is 9.27. The van der Waals surface area contributed by atoms with Crippen molar-refractivity contribution < 1.29 is 33.5 Å². The highest BCUT2D eigenvalue weighted by Gasteiger charge is 2.46. The lowest BCUT2D eigenvalue weighted by Gasteiger charge is -2.27. The minimum Gasteiger partial charge on any atom is -0.483 e. The zero-order valence-electron chi connectivity index (χ0n) is 29.1. The van der Waals surface area contributed by atoms with Crippen LogP contribution in [0.2, 0.25) is 0 Å². The topological polar surface area (TPSA) is 176 Å². The van der Waals surface area contributed by atoms with E-state index in [1.165, 1.54) is 18.2 Å². The molecule has 1 saturated heterocycles. The Balaban J connectivity index is 0.848. The number of anilines is 2. The van der Waals surface area contributed by atoms with Crippen LogP contribution in [0.5, 0.6) is 5.75 Å². The summed E-state index contributed by atoms with van der Waals surface area (Å²) < 4.78 is 5.62. The number of piperidine rings is 1. The molecule has 0 bridgehead atoms. The molecule has 13 nitrogen and oxygen atoms in total. The number of fused-ring (bicyclic) bond motifs is 2. The summed E-state index contributed by atoms with van der Waals surface area (Å²) in [5, 5.41) is 12.3. The van der Waals surface area contributed by atoms with Crippen LogP contribution in [-0.2, 0) is 14.4 Å². The number of imide groups is 2. The standard InChI is InChI=1S/C41H36N6O7/c48-35-18-17-33(39(51)46-35)47-40(52)29-9-6-10-34(37(29)41(47)53)54-24-36(49)43-20-4-5-21-44-38(50)26-13-11-25(12-14-26)27-15-16-31-30(23-27)32(19-22-42-31)45-28-7-2-1-3-8-28/h1-3,6-16,19,22-23,33H,4-5,17-18,20-21,24H2,(H,42,45)(H,43,49)(H,44,50)(H,46,48,51). The summed E-state index contributed by atoms with van der Waals surface area (Å²) in [6.07, 6.45) is 3.04. The third-order valence-electron chi connectivity index (χ3n) is 9.27. The fourth-order valence-corrected chi connectivity index (χ4v) is 6.51. The van der Waals surface area contributed by atoms with Gasteiger partial charge in [0, 0.05) is 48.0 Å². The Kier molecular flexibility index (Phi) is 10.4. The predicted octanol–water partition coefficient (Wildman–Crippen LogP) is 4.75. The molecule has 0 saturated carbocycles. The molecule has 4 N–H and O–H groups in total. The van der Waals surface area contributed by atoms with Gasteiger partial charge >= 0.3 is 0 Å². The first-order valence-electron chi connectivity index (χ1n) is 17.6. The quantitative estimate of drug-likeness (QED) is 0.0987. The Hall–Kier alpha value is -6.89. The van der Waals surface area contributed by atoms with Gasteiger partial charge in [-0.1, -0.05) is 42.5 Å². The SMILES string of the molecule is O=C(COc1cccc2c1C(=O)N(C1CCC(=O)NC1=O)C2=O)NCCCCNC(=O)c1ccc(-c2ccc3nccc(Nc4ccccc4)c3c2)cc1. The van der Waals surface area contributed by atoms with Crippen molar-refractivity contribution in [1.29, 1.82) is 0 Å². The van der Waals surface area contributed by atoms with Gasteiger partial charge in [-0.2, -0.15) is 0 Å². The van der Waals surface area contributed by atoms with E-state index < -0.39 is 42.2 Å². The van der Waals surface area contributed by atoms with Crippen molar-refractivity contribution in [2.45, 2.75) is 31.7 Å². The molecule has 54 heavy (non-hydrogen) atoms. The molecule has 6 amide bonds. The molecule has 0 spiro atoms. The van der Waals surface area contributed by atoms with E-state index in [1.54, 1.807) is 18.3 Å². The molecular weight excluding hydrogens is 688 g/mol. The molecule has 1 atom stereocenters. The minimum atomic E-state index is -1.10. The number of amides is 6. The van der Waals surface area contributed by atoms with Gasteiger partial charge < -0.3 is 20.7 Å². The second kappa shape index (κ2) is 15.8. The Morgan fingerprint density at radius 1 is 0.815 bits per heavy atom. The number of unbranched alkanes of at least 4 members (excludes halogenated alkanes) is 1. The molecule has 2 aliphatic heterocycles. The molecule has 1 unspecified atom stereocenters. The van der Waals surface area contributed by atoms with Crippen LogP contribution in [-0.4, -0.2) is 71.1 Å². The van der Waals surface area contributed by atoms with Gasteiger partial charge in [-0.15, -0.1) is 0 Å². The number of carbonyl (C=O) groups is 6. The maximum atomic E-state index is 13.2. The van der Waals surface area contributed by atoms with Crippen molar-refractivity contribution >= 4 is 57.7 Å². The van der Waals surface area contributed by atoms with Crippen molar-refractivity contribution in [2.75, 3.05) is 25.0 Å². The van der Waals surface area contributed by atoms with Crippen LogP contribution >= 0.6 is 0 Å². The van der Waals surface area contributed by atoms with Crippen LogP contribution in [0.1, 0.15) is 56.8 Å². The smallest absolute Gasteiger partial charge is 0.266 e. The molecule has 272 valence electrons. The van der Waals surface area contributed by atoms with E-state index in [0.717, 1.165) is 38.3 Å². The molecule has 13 heteroatoms. The first-order valence-corrected chi connectivity index (χ1v) is 17.6. The van der Waals surface area contributed by atoms with Crippen LogP contribution < -0.4 is 26.0 Å². The fraction of sp³-hybridized carbons (Fsp3) is 0.195. The molecule has 2 aliphatic rings. The number of pyridine rings is 1. The maximum absolute atomic E-state index is 13.2. The van der Waals surface area contributed by atoms with Gasteiger partial charge in [-0.25, -0.2) is 0 Å². The Morgan fingerprint density at radius 3 is 2.35 bits per heavy atom. The molecular formula is C41H36N6O7. The lowest BCUT2D eigenvalue weighted by molar-refractivity contribution is -0.136. The van der Waals surface area contributed by atoms with E-state index in [4.69, 9.17) is 4.74 Å². The van der Waals surface area contributed by atoms with Crippen LogP contribution in [0.4, 0.5) is 11.4 Å². The zero-order chi connectivity index (χ0) is 37.6. The highest BCUT2D eigenvalue weighted by Crippen LogP contribution is 2.34. The third kappa shape index (κ3) is 7.65. The number of carbonyl (C=O) groups excluding carboxylic acids is 6. The van der Waals surface area contributed by atoms with Crippen LogP contribution in [0.15, 0.2) is 103 Å². The van der Waals surface area contributed by atoms with Gasteiger partial charge in [0.2, 0.25) is 11.8 Å². The maximum Gasteiger partial charge on any atom is 0.266 e. The van der Waals surface area contributed by atoms with Crippen LogP contribution in [0.3, 0.4) is 0 Å². The van der Waals surface area contributed by atoms with Gasteiger partial charge in [-0.05, 0) is 85.0 Å². The van der Waals surface area contributed by atoms with Gasteiger partial charge in [0.1, 0.15) is 11.8 Å². The first-order chi connectivity index (χ1) is 26.3. The molecule has 3 heterocycles. The van der Waals surface area contributed by atoms with Crippen LogP contribution in [0.25, 0.3) is 22.0 Å². The fourth-order valence-electron chi connectivity index (χ4n) is 6.51. The lowest BCUT2D eigenvalue weighted by Crippen LogP contribution is -2.54. The molecule has 0 radical (unpaired) electrons. The van der Waals surface area contributed by atoms with Crippen molar-refractivity contribution in [3.8, 4) is 16.9 Å². The highest BCUT2D eigenvalue weighted by atomic mass is 16.5. The van der Waals surface area contributed by atoms with E-state index in [9.17, 15) is 28.8 Å². The van der Waals surface area contributed by atoms with E-state index in [0.29, 0.717) is 31.5 Å². The molecule has 7 rings (SSSR count). The normalized spacial score (nSPS) is 15.1. The second-order valence-corrected chi connectivity index (χ2v) is 12.9. The highest BCUT2D eigenvalue weighted by molar-refractivity contribution is 6.24. The number of rotatable bonds is 13.